The van der Waals surface area contributed by atoms with E-state index in [4.69, 9.17) is 0 Å². The van der Waals surface area contributed by atoms with Crippen molar-refractivity contribution in [2.75, 3.05) is 5.32 Å². The van der Waals surface area contributed by atoms with Crippen LogP contribution >= 0.6 is 27.3 Å². The number of amides is 1. The van der Waals surface area contributed by atoms with Gasteiger partial charge in [0, 0.05) is 16.6 Å². The van der Waals surface area contributed by atoms with Crippen LogP contribution in [0.1, 0.15) is 17.8 Å². The van der Waals surface area contributed by atoms with Gasteiger partial charge >= 0.3 is 0 Å². The van der Waals surface area contributed by atoms with E-state index in [1.807, 2.05) is 42.5 Å². The topological polar surface area (TPSA) is 42.0 Å². The van der Waals surface area contributed by atoms with Crippen LogP contribution in [0.2, 0.25) is 0 Å². The fourth-order valence-electron chi connectivity index (χ4n) is 2.22. The molecule has 1 N–H and O–H groups in total. The molecule has 22 heavy (non-hydrogen) atoms. The molecule has 0 saturated carbocycles. The highest BCUT2D eigenvalue weighted by Crippen LogP contribution is 2.23. The van der Waals surface area contributed by atoms with Gasteiger partial charge in [0.05, 0.1) is 15.2 Å². The number of carbonyl (C=O) groups excluding carboxylic acids is 1. The van der Waals surface area contributed by atoms with E-state index >= 15 is 0 Å². The third-order valence-electron chi connectivity index (χ3n) is 3.24. The van der Waals surface area contributed by atoms with E-state index in [-0.39, 0.29) is 5.91 Å². The van der Waals surface area contributed by atoms with Crippen molar-refractivity contribution in [2.24, 2.45) is 0 Å². The Morgan fingerprint density at radius 1 is 1.18 bits per heavy atom. The highest BCUT2D eigenvalue weighted by atomic mass is 79.9. The molecule has 0 saturated heterocycles. The number of carbonyl (C=O) groups is 1. The summed E-state index contributed by atoms with van der Waals surface area (Å²) in [5, 5.41) is 4.00. The van der Waals surface area contributed by atoms with E-state index < -0.39 is 0 Å². The Balaban J connectivity index is 1.51. The van der Waals surface area contributed by atoms with Crippen LogP contribution in [-0.4, -0.2) is 10.9 Å². The number of aryl methyl sites for hydroxylation is 1. The SMILES string of the molecule is O=C(CCCc1nc2ccccc2s1)Nc1cccc(Br)c1. The predicted octanol–water partition coefficient (Wildman–Crippen LogP) is 5.02. The third-order valence-corrected chi connectivity index (χ3v) is 4.83. The fourth-order valence-corrected chi connectivity index (χ4v) is 3.63. The average molecular weight is 375 g/mol. The molecule has 0 radical (unpaired) electrons. The van der Waals surface area contributed by atoms with Gasteiger partial charge in [-0.2, -0.15) is 0 Å². The minimum Gasteiger partial charge on any atom is -0.326 e. The van der Waals surface area contributed by atoms with Crippen LogP contribution in [0.25, 0.3) is 10.2 Å². The van der Waals surface area contributed by atoms with Crippen molar-refractivity contribution >= 4 is 49.1 Å². The number of rotatable bonds is 5. The lowest BCUT2D eigenvalue weighted by molar-refractivity contribution is -0.116. The number of nitrogens with one attached hydrogen (secondary N) is 1. The molecule has 1 aromatic heterocycles. The summed E-state index contributed by atoms with van der Waals surface area (Å²) in [6.45, 7) is 0. The van der Waals surface area contributed by atoms with Gasteiger partial charge in [-0.15, -0.1) is 11.3 Å². The molecule has 0 bridgehead atoms. The number of benzene rings is 2. The van der Waals surface area contributed by atoms with Crippen molar-refractivity contribution in [3.8, 4) is 0 Å². The zero-order chi connectivity index (χ0) is 15.4. The highest BCUT2D eigenvalue weighted by Gasteiger charge is 2.06. The maximum absolute atomic E-state index is 11.9. The Bertz CT molecular complexity index is 767. The van der Waals surface area contributed by atoms with Gasteiger partial charge in [-0.25, -0.2) is 4.98 Å². The number of nitrogens with zero attached hydrogens (tertiary/aromatic N) is 1. The van der Waals surface area contributed by atoms with Crippen molar-refractivity contribution in [1.29, 1.82) is 0 Å². The van der Waals surface area contributed by atoms with Crippen LogP contribution < -0.4 is 5.32 Å². The molecule has 0 spiro atoms. The summed E-state index contributed by atoms with van der Waals surface area (Å²) in [5.74, 6) is 0.0409. The number of hydrogen-bond donors (Lipinski definition) is 1. The first-order valence-electron chi connectivity index (χ1n) is 7.10. The number of thiazole rings is 1. The molecular weight excluding hydrogens is 360 g/mol. The molecule has 0 aliphatic carbocycles. The molecule has 0 aliphatic rings. The predicted molar refractivity (Wildman–Crippen MR) is 95.3 cm³/mol. The molecule has 3 nitrogen and oxygen atoms in total. The Morgan fingerprint density at radius 2 is 2.05 bits per heavy atom. The molecule has 112 valence electrons. The highest BCUT2D eigenvalue weighted by molar-refractivity contribution is 9.10. The Kier molecular flexibility index (Phi) is 4.85. The van der Waals surface area contributed by atoms with E-state index in [9.17, 15) is 4.79 Å². The zero-order valence-corrected chi connectivity index (χ0v) is 14.3. The van der Waals surface area contributed by atoms with Gasteiger partial charge in [0.1, 0.15) is 0 Å². The number of aromatic nitrogens is 1. The Hall–Kier alpha value is -1.72. The number of hydrogen-bond acceptors (Lipinski definition) is 3. The van der Waals surface area contributed by atoms with E-state index in [1.54, 1.807) is 11.3 Å². The maximum atomic E-state index is 11.9. The van der Waals surface area contributed by atoms with Gasteiger partial charge in [0.2, 0.25) is 5.91 Å². The van der Waals surface area contributed by atoms with E-state index in [0.717, 1.165) is 33.5 Å². The van der Waals surface area contributed by atoms with Crippen molar-refractivity contribution in [3.05, 3.63) is 58.0 Å². The van der Waals surface area contributed by atoms with Crippen LogP contribution in [0.15, 0.2) is 53.0 Å². The Labute approximate surface area is 141 Å². The maximum Gasteiger partial charge on any atom is 0.224 e. The van der Waals surface area contributed by atoms with Gasteiger partial charge in [0.15, 0.2) is 0 Å². The first-order chi connectivity index (χ1) is 10.7. The van der Waals surface area contributed by atoms with Gasteiger partial charge in [-0.1, -0.05) is 34.1 Å². The average Bonchev–Trinajstić information content (AvgIpc) is 2.90. The van der Waals surface area contributed by atoms with E-state index in [2.05, 4.69) is 32.3 Å². The minimum atomic E-state index is 0.0409. The number of para-hydroxylation sites is 1. The lowest BCUT2D eigenvalue weighted by Crippen LogP contribution is -2.11. The molecule has 0 atom stereocenters. The summed E-state index contributed by atoms with van der Waals surface area (Å²) in [6.07, 6.45) is 2.15. The summed E-state index contributed by atoms with van der Waals surface area (Å²) < 4.78 is 2.16. The summed E-state index contributed by atoms with van der Waals surface area (Å²) in [6, 6.07) is 15.7. The van der Waals surface area contributed by atoms with Crippen LogP contribution in [0, 0.1) is 0 Å². The Morgan fingerprint density at radius 3 is 2.86 bits per heavy atom. The first-order valence-corrected chi connectivity index (χ1v) is 8.71. The van der Waals surface area contributed by atoms with Crippen LogP contribution in [0.4, 0.5) is 5.69 Å². The minimum absolute atomic E-state index is 0.0409. The second-order valence-electron chi connectivity index (χ2n) is 4.99. The quantitative estimate of drug-likeness (QED) is 0.680. The lowest BCUT2D eigenvalue weighted by atomic mass is 10.2. The molecule has 5 heteroatoms. The molecule has 1 amide bonds. The fraction of sp³-hybridized carbons (Fsp3) is 0.176. The molecule has 2 aromatic carbocycles. The van der Waals surface area contributed by atoms with E-state index in [0.29, 0.717) is 6.42 Å². The number of fused-ring (bicyclic) bond motifs is 1. The smallest absolute Gasteiger partial charge is 0.224 e. The first kappa shape index (κ1) is 15.2. The van der Waals surface area contributed by atoms with Crippen molar-refractivity contribution in [3.63, 3.8) is 0 Å². The van der Waals surface area contributed by atoms with Crippen molar-refractivity contribution in [1.82, 2.24) is 4.98 Å². The lowest BCUT2D eigenvalue weighted by Gasteiger charge is -2.04. The molecular formula is C17H15BrN2OS. The summed E-state index contributed by atoms with van der Waals surface area (Å²) in [7, 11) is 0. The third kappa shape index (κ3) is 3.93. The molecule has 1 heterocycles. The van der Waals surface area contributed by atoms with Crippen molar-refractivity contribution < 1.29 is 4.79 Å². The standard InChI is InChI=1S/C17H15BrN2OS/c18-12-5-3-6-13(11-12)19-16(21)9-4-10-17-20-14-7-1-2-8-15(14)22-17/h1-3,5-8,11H,4,9-10H2,(H,19,21). The molecule has 0 fully saturated rings. The summed E-state index contributed by atoms with van der Waals surface area (Å²) in [4.78, 5) is 16.5. The van der Waals surface area contributed by atoms with E-state index in [1.165, 1.54) is 4.70 Å². The van der Waals surface area contributed by atoms with Gasteiger partial charge in [-0.05, 0) is 43.2 Å². The number of halogens is 1. The second-order valence-corrected chi connectivity index (χ2v) is 7.02. The van der Waals surface area contributed by atoms with Crippen molar-refractivity contribution in [2.45, 2.75) is 19.3 Å². The van der Waals surface area contributed by atoms with Crippen LogP contribution in [0.5, 0.6) is 0 Å². The summed E-state index contributed by atoms with van der Waals surface area (Å²) in [5.41, 5.74) is 1.86. The van der Waals surface area contributed by atoms with Crippen LogP contribution in [-0.2, 0) is 11.2 Å². The van der Waals surface area contributed by atoms with Gasteiger partial charge in [-0.3, -0.25) is 4.79 Å². The van der Waals surface area contributed by atoms with Crippen LogP contribution in [0.3, 0.4) is 0 Å². The zero-order valence-electron chi connectivity index (χ0n) is 11.9. The number of anilines is 1. The second kappa shape index (κ2) is 7.03. The molecule has 3 aromatic rings. The van der Waals surface area contributed by atoms with Gasteiger partial charge < -0.3 is 5.32 Å². The largest absolute Gasteiger partial charge is 0.326 e. The van der Waals surface area contributed by atoms with Gasteiger partial charge in [0.25, 0.3) is 0 Å². The monoisotopic (exact) mass is 374 g/mol. The molecule has 0 unspecified atom stereocenters. The summed E-state index contributed by atoms with van der Waals surface area (Å²) >= 11 is 5.10. The normalized spacial score (nSPS) is 10.8. The molecule has 0 aliphatic heterocycles. The molecule has 3 rings (SSSR count).